The van der Waals surface area contributed by atoms with Gasteiger partial charge < -0.3 is 10.0 Å². The van der Waals surface area contributed by atoms with Gasteiger partial charge in [-0.3, -0.25) is 9.69 Å². The van der Waals surface area contributed by atoms with E-state index in [0.717, 1.165) is 26.1 Å². The van der Waals surface area contributed by atoms with Crippen LogP contribution in [-0.2, 0) is 4.79 Å². The monoisotopic (exact) mass is 242 g/mol. The summed E-state index contributed by atoms with van der Waals surface area (Å²) in [5.41, 5.74) is 0. The minimum atomic E-state index is 0.211. The van der Waals surface area contributed by atoms with Crippen LogP contribution in [0.15, 0.2) is 0 Å². The standard InChI is InChI=1S/C13H26N2O2/c1-3-14(4-2)13(17)11-15(9-6-10-16)12-7-5-8-12/h12,16H,3-11H2,1-2H3. The molecule has 1 fully saturated rings. The van der Waals surface area contributed by atoms with Crippen LogP contribution in [0.3, 0.4) is 0 Å². The van der Waals surface area contributed by atoms with Crippen LogP contribution in [0, 0.1) is 0 Å². The van der Waals surface area contributed by atoms with Crippen LogP contribution in [0.1, 0.15) is 39.5 Å². The fourth-order valence-electron chi connectivity index (χ4n) is 2.27. The lowest BCUT2D eigenvalue weighted by atomic mass is 9.91. The summed E-state index contributed by atoms with van der Waals surface area (Å²) >= 11 is 0. The van der Waals surface area contributed by atoms with Crippen molar-refractivity contribution < 1.29 is 9.90 Å². The first kappa shape index (κ1) is 14.5. The topological polar surface area (TPSA) is 43.8 Å². The first-order chi connectivity index (χ1) is 8.22. The lowest BCUT2D eigenvalue weighted by molar-refractivity contribution is -0.133. The minimum absolute atomic E-state index is 0.211. The highest BCUT2D eigenvalue weighted by Gasteiger charge is 2.26. The third-order valence-electron chi connectivity index (χ3n) is 3.65. The van der Waals surface area contributed by atoms with Crippen molar-refractivity contribution >= 4 is 5.91 Å². The molecule has 0 saturated heterocycles. The molecule has 4 heteroatoms. The van der Waals surface area contributed by atoms with E-state index in [2.05, 4.69) is 4.90 Å². The van der Waals surface area contributed by atoms with Gasteiger partial charge in [0.2, 0.25) is 5.91 Å². The van der Waals surface area contributed by atoms with Crippen LogP contribution in [0.5, 0.6) is 0 Å². The van der Waals surface area contributed by atoms with Crippen molar-refractivity contribution in [2.24, 2.45) is 0 Å². The second kappa shape index (κ2) is 7.67. The molecule has 0 aromatic rings. The Labute approximate surface area is 105 Å². The molecule has 0 aliphatic heterocycles. The fourth-order valence-corrected chi connectivity index (χ4v) is 2.27. The van der Waals surface area contributed by atoms with Gasteiger partial charge in [-0.1, -0.05) is 6.42 Å². The van der Waals surface area contributed by atoms with Gasteiger partial charge in [-0.15, -0.1) is 0 Å². The number of aliphatic hydroxyl groups is 1. The molecule has 17 heavy (non-hydrogen) atoms. The number of amides is 1. The normalized spacial score (nSPS) is 16.0. The van der Waals surface area contributed by atoms with Gasteiger partial charge in [-0.2, -0.15) is 0 Å². The van der Waals surface area contributed by atoms with Crippen LogP contribution < -0.4 is 0 Å². The van der Waals surface area contributed by atoms with Crippen molar-refractivity contribution in [3.63, 3.8) is 0 Å². The highest BCUT2D eigenvalue weighted by atomic mass is 16.3. The van der Waals surface area contributed by atoms with Crippen LogP contribution in [0.2, 0.25) is 0 Å². The predicted octanol–water partition coefficient (Wildman–Crippen LogP) is 1.09. The number of likely N-dealkylation sites (N-methyl/N-ethyl adjacent to an activating group) is 1. The van der Waals surface area contributed by atoms with Gasteiger partial charge in [0, 0.05) is 32.3 Å². The molecule has 0 spiro atoms. The summed E-state index contributed by atoms with van der Waals surface area (Å²) in [4.78, 5) is 16.2. The Morgan fingerprint density at radius 1 is 1.29 bits per heavy atom. The van der Waals surface area contributed by atoms with Crippen molar-refractivity contribution in [3.05, 3.63) is 0 Å². The smallest absolute Gasteiger partial charge is 0.236 e. The van der Waals surface area contributed by atoms with Gasteiger partial charge in [0.25, 0.3) is 0 Å². The molecule has 1 aliphatic rings. The van der Waals surface area contributed by atoms with E-state index in [1.54, 1.807) is 0 Å². The molecule has 1 aliphatic carbocycles. The van der Waals surface area contributed by atoms with E-state index in [9.17, 15) is 4.79 Å². The summed E-state index contributed by atoms with van der Waals surface area (Å²) in [6.07, 6.45) is 4.45. The van der Waals surface area contributed by atoms with E-state index in [-0.39, 0.29) is 12.5 Å². The molecule has 0 heterocycles. The Bertz CT molecular complexity index is 225. The van der Waals surface area contributed by atoms with E-state index >= 15 is 0 Å². The average molecular weight is 242 g/mol. The quantitative estimate of drug-likeness (QED) is 0.693. The van der Waals surface area contributed by atoms with Crippen molar-refractivity contribution in [2.45, 2.75) is 45.6 Å². The minimum Gasteiger partial charge on any atom is -0.396 e. The highest BCUT2D eigenvalue weighted by Crippen LogP contribution is 2.24. The van der Waals surface area contributed by atoms with E-state index in [4.69, 9.17) is 5.11 Å². The molecule has 100 valence electrons. The van der Waals surface area contributed by atoms with E-state index in [1.807, 2.05) is 18.7 Å². The summed E-state index contributed by atoms with van der Waals surface area (Å²) in [6.45, 7) is 7.18. The Kier molecular flexibility index (Phi) is 6.52. The molecule has 1 rings (SSSR count). The molecule has 0 unspecified atom stereocenters. The SMILES string of the molecule is CCN(CC)C(=O)CN(CCCO)C1CCC1. The lowest BCUT2D eigenvalue weighted by Crippen LogP contribution is -2.47. The molecule has 0 bridgehead atoms. The Morgan fingerprint density at radius 2 is 1.94 bits per heavy atom. The van der Waals surface area contributed by atoms with E-state index in [1.165, 1.54) is 19.3 Å². The van der Waals surface area contributed by atoms with Gasteiger partial charge in [-0.25, -0.2) is 0 Å². The highest BCUT2D eigenvalue weighted by molar-refractivity contribution is 5.78. The van der Waals surface area contributed by atoms with Crippen LogP contribution in [0.25, 0.3) is 0 Å². The van der Waals surface area contributed by atoms with Gasteiger partial charge in [0.05, 0.1) is 6.54 Å². The largest absolute Gasteiger partial charge is 0.396 e. The zero-order chi connectivity index (χ0) is 12.7. The number of hydrogen-bond donors (Lipinski definition) is 1. The molecule has 0 atom stereocenters. The van der Waals surface area contributed by atoms with E-state index < -0.39 is 0 Å². The number of carbonyl (C=O) groups excluding carboxylic acids is 1. The fraction of sp³-hybridized carbons (Fsp3) is 0.923. The zero-order valence-electron chi connectivity index (χ0n) is 11.2. The van der Waals surface area contributed by atoms with Gasteiger partial charge in [0.15, 0.2) is 0 Å². The first-order valence-electron chi connectivity index (χ1n) is 6.85. The molecular weight excluding hydrogens is 216 g/mol. The predicted molar refractivity (Wildman–Crippen MR) is 68.8 cm³/mol. The zero-order valence-corrected chi connectivity index (χ0v) is 11.2. The number of carbonyl (C=O) groups is 1. The summed E-state index contributed by atoms with van der Waals surface area (Å²) in [5, 5.41) is 8.90. The third-order valence-corrected chi connectivity index (χ3v) is 3.65. The third kappa shape index (κ3) is 4.28. The van der Waals surface area contributed by atoms with Gasteiger partial charge in [-0.05, 0) is 33.1 Å². The van der Waals surface area contributed by atoms with Crippen molar-refractivity contribution in [2.75, 3.05) is 32.8 Å². The molecular formula is C13H26N2O2. The molecule has 0 aromatic heterocycles. The Hall–Kier alpha value is -0.610. The number of nitrogens with zero attached hydrogens (tertiary/aromatic N) is 2. The van der Waals surface area contributed by atoms with Crippen molar-refractivity contribution in [3.8, 4) is 0 Å². The molecule has 4 nitrogen and oxygen atoms in total. The Morgan fingerprint density at radius 3 is 2.35 bits per heavy atom. The van der Waals surface area contributed by atoms with Crippen molar-refractivity contribution in [1.29, 1.82) is 0 Å². The first-order valence-corrected chi connectivity index (χ1v) is 6.85. The maximum atomic E-state index is 12.0. The average Bonchev–Trinajstić information content (AvgIpc) is 2.25. The van der Waals surface area contributed by atoms with Crippen LogP contribution >= 0.6 is 0 Å². The summed E-state index contributed by atoms with van der Waals surface area (Å²) in [6, 6.07) is 0.570. The van der Waals surface area contributed by atoms with Gasteiger partial charge in [0.1, 0.15) is 0 Å². The van der Waals surface area contributed by atoms with Crippen LogP contribution in [-0.4, -0.2) is 59.6 Å². The Balaban J connectivity index is 2.43. The second-order valence-electron chi connectivity index (χ2n) is 4.70. The molecule has 0 radical (unpaired) electrons. The maximum Gasteiger partial charge on any atom is 0.236 e. The maximum absolute atomic E-state index is 12.0. The summed E-state index contributed by atoms with van der Waals surface area (Å²) in [7, 11) is 0. The summed E-state index contributed by atoms with van der Waals surface area (Å²) in [5.74, 6) is 0.222. The summed E-state index contributed by atoms with van der Waals surface area (Å²) < 4.78 is 0. The molecule has 1 N–H and O–H groups in total. The molecule has 1 saturated carbocycles. The van der Waals surface area contributed by atoms with Gasteiger partial charge >= 0.3 is 0 Å². The number of aliphatic hydroxyl groups excluding tert-OH is 1. The van der Waals surface area contributed by atoms with E-state index in [0.29, 0.717) is 12.6 Å². The number of hydrogen-bond acceptors (Lipinski definition) is 3. The second-order valence-corrected chi connectivity index (χ2v) is 4.70. The lowest BCUT2D eigenvalue weighted by Gasteiger charge is -2.38. The van der Waals surface area contributed by atoms with Crippen molar-refractivity contribution in [1.82, 2.24) is 9.80 Å². The number of rotatable bonds is 8. The molecule has 0 aromatic carbocycles. The molecule has 1 amide bonds. The van der Waals surface area contributed by atoms with Crippen LogP contribution in [0.4, 0.5) is 0 Å².